The Hall–Kier alpha value is 0.01000. The highest BCUT2D eigenvalue weighted by molar-refractivity contribution is 6.51. The summed E-state index contributed by atoms with van der Waals surface area (Å²) in [7, 11) is 0. The van der Waals surface area contributed by atoms with E-state index in [-0.39, 0.29) is 11.8 Å². The van der Waals surface area contributed by atoms with Crippen molar-refractivity contribution in [3.8, 4) is 0 Å². The van der Waals surface area contributed by atoms with Gasteiger partial charge in [-0.3, -0.25) is 4.79 Å². The molecule has 3 atom stereocenters. The van der Waals surface area contributed by atoms with Gasteiger partial charge < -0.3 is 10.4 Å². The number of carboxylic acids is 1. The lowest BCUT2D eigenvalue weighted by atomic mass is 10.2. The van der Waals surface area contributed by atoms with Gasteiger partial charge in [0.25, 0.3) is 0 Å². The molecule has 11 heavy (non-hydrogen) atoms. The first-order chi connectivity index (χ1) is 5.05. The smallest absolute Gasteiger partial charge is 0.321 e. The molecule has 62 valence electrons. The minimum atomic E-state index is -0.860. The van der Waals surface area contributed by atoms with Crippen LogP contribution in [-0.4, -0.2) is 28.0 Å². The Bertz CT molecular complexity index is 219. The molecule has 0 aromatic heterocycles. The zero-order valence-electron chi connectivity index (χ0n) is 5.55. The van der Waals surface area contributed by atoms with Crippen LogP contribution in [0.25, 0.3) is 0 Å². The van der Waals surface area contributed by atoms with Crippen LogP contribution in [0.3, 0.4) is 0 Å². The molecule has 1 saturated carbocycles. The third kappa shape index (κ3) is 0.880. The van der Waals surface area contributed by atoms with Gasteiger partial charge in [-0.1, -0.05) is 0 Å². The molecule has 2 aliphatic rings. The van der Waals surface area contributed by atoms with Crippen LogP contribution >= 0.6 is 23.2 Å². The van der Waals surface area contributed by atoms with Gasteiger partial charge in [-0.2, -0.15) is 0 Å². The topological polar surface area (TPSA) is 49.3 Å². The number of carbonyl (C=O) groups is 1. The fourth-order valence-corrected chi connectivity index (χ4v) is 2.61. The fourth-order valence-electron chi connectivity index (χ4n) is 1.76. The lowest BCUT2D eigenvalue weighted by Crippen LogP contribution is -2.37. The summed E-state index contributed by atoms with van der Waals surface area (Å²) in [6, 6.07) is -0.546. The fraction of sp³-hybridized carbons (Fsp3) is 0.833. The molecule has 0 spiro atoms. The average molecular weight is 196 g/mol. The number of alkyl halides is 2. The van der Waals surface area contributed by atoms with E-state index in [1.54, 1.807) is 0 Å². The minimum Gasteiger partial charge on any atom is -0.480 e. The predicted molar refractivity (Wildman–Crippen MR) is 40.8 cm³/mol. The highest BCUT2D eigenvalue weighted by Gasteiger charge is 2.70. The Morgan fingerprint density at radius 2 is 2.27 bits per heavy atom. The second-order valence-corrected chi connectivity index (χ2v) is 4.48. The minimum absolute atomic E-state index is 0.0941. The molecule has 5 heteroatoms. The van der Waals surface area contributed by atoms with Gasteiger partial charge in [0, 0.05) is 18.4 Å². The first-order valence-corrected chi connectivity index (χ1v) is 4.14. The number of nitrogens with one attached hydrogen (secondary N) is 1. The molecule has 0 aromatic carbocycles. The van der Waals surface area contributed by atoms with E-state index in [1.165, 1.54) is 0 Å². The molecule has 2 N–H and O–H groups in total. The normalized spacial score (nSPS) is 45.1. The Morgan fingerprint density at radius 3 is 2.55 bits per heavy atom. The van der Waals surface area contributed by atoms with E-state index < -0.39 is 16.3 Å². The Balaban J connectivity index is 2.13. The van der Waals surface area contributed by atoms with Crippen LogP contribution in [0.5, 0.6) is 0 Å². The quantitative estimate of drug-likeness (QED) is 0.599. The van der Waals surface area contributed by atoms with E-state index in [0.717, 1.165) is 0 Å². The molecule has 1 saturated heterocycles. The van der Waals surface area contributed by atoms with Crippen molar-refractivity contribution >= 4 is 29.2 Å². The molecule has 0 unspecified atom stereocenters. The molecule has 0 radical (unpaired) electrons. The number of halogens is 2. The van der Waals surface area contributed by atoms with Crippen molar-refractivity contribution in [2.24, 2.45) is 11.8 Å². The molecule has 1 heterocycles. The van der Waals surface area contributed by atoms with Crippen LogP contribution in [0, 0.1) is 11.8 Å². The molecule has 0 bridgehead atoms. The van der Waals surface area contributed by atoms with Gasteiger partial charge >= 0.3 is 5.97 Å². The van der Waals surface area contributed by atoms with Crippen LogP contribution in [0.2, 0.25) is 0 Å². The van der Waals surface area contributed by atoms with E-state index in [9.17, 15) is 4.79 Å². The van der Waals surface area contributed by atoms with Crippen molar-refractivity contribution in [2.75, 3.05) is 6.54 Å². The molecule has 0 amide bonds. The van der Waals surface area contributed by atoms with Crippen molar-refractivity contribution < 1.29 is 9.90 Å². The SMILES string of the molecule is O=C(O)[C@@H]1NC[C@H]2[C@@H]1C2(Cl)Cl. The van der Waals surface area contributed by atoms with E-state index in [0.29, 0.717) is 6.54 Å². The van der Waals surface area contributed by atoms with Gasteiger partial charge in [0.05, 0.1) is 0 Å². The van der Waals surface area contributed by atoms with Crippen molar-refractivity contribution in [1.82, 2.24) is 5.32 Å². The monoisotopic (exact) mass is 195 g/mol. The Morgan fingerprint density at radius 1 is 1.64 bits per heavy atom. The van der Waals surface area contributed by atoms with E-state index in [1.807, 2.05) is 0 Å². The van der Waals surface area contributed by atoms with Crippen LogP contribution in [0.1, 0.15) is 0 Å². The molecule has 0 aromatic rings. The molecule has 2 rings (SSSR count). The maximum absolute atomic E-state index is 10.5. The summed E-state index contributed by atoms with van der Waals surface area (Å²) in [6.07, 6.45) is 0. The van der Waals surface area contributed by atoms with Crippen LogP contribution in [0.4, 0.5) is 0 Å². The standard InChI is InChI=1S/C6H7Cl2NO2/c7-6(8)2-1-9-4(3(2)6)5(10)11/h2-4,9H,1H2,(H,10,11)/t2-,3-,4+/m0/s1. The summed E-state index contributed by atoms with van der Waals surface area (Å²) in [5.74, 6) is -0.823. The van der Waals surface area contributed by atoms with E-state index in [4.69, 9.17) is 28.3 Å². The van der Waals surface area contributed by atoms with E-state index in [2.05, 4.69) is 5.32 Å². The zero-order chi connectivity index (χ0) is 8.22. The number of fused-ring (bicyclic) bond motifs is 1. The second kappa shape index (κ2) is 2.03. The second-order valence-electron chi connectivity index (χ2n) is 3.03. The Labute approximate surface area is 73.7 Å². The predicted octanol–water partition coefficient (Wildman–Crippen LogP) is 0.463. The largest absolute Gasteiger partial charge is 0.480 e. The number of rotatable bonds is 1. The van der Waals surface area contributed by atoms with Gasteiger partial charge in [0.15, 0.2) is 0 Å². The van der Waals surface area contributed by atoms with Gasteiger partial charge in [-0.25, -0.2) is 0 Å². The third-order valence-corrected chi connectivity index (χ3v) is 3.51. The molecule has 1 aliphatic carbocycles. The summed E-state index contributed by atoms with van der Waals surface area (Å²) in [5.41, 5.74) is 0. The summed E-state index contributed by atoms with van der Waals surface area (Å²) >= 11 is 11.6. The van der Waals surface area contributed by atoms with Crippen molar-refractivity contribution in [3.05, 3.63) is 0 Å². The van der Waals surface area contributed by atoms with Gasteiger partial charge in [-0.15, -0.1) is 23.2 Å². The van der Waals surface area contributed by atoms with E-state index >= 15 is 0 Å². The number of hydrogen-bond donors (Lipinski definition) is 2. The maximum atomic E-state index is 10.5. The number of hydrogen-bond acceptors (Lipinski definition) is 2. The highest BCUT2D eigenvalue weighted by atomic mass is 35.5. The summed E-state index contributed by atoms with van der Waals surface area (Å²) in [4.78, 5) is 10.5. The average Bonchev–Trinajstić information content (AvgIpc) is 2.34. The summed E-state index contributed by atoms with van der Waals surface area (Å²) in [6.45, 7) is 0.620. The first kappa shape index (κ1) is 7.65. The van der Waals surface area contributed by atoms with Crippen molar-refractivity contribution in [3.63, 3.8) is 0 Å². The molecular formula is C6H7Cl2NO2. The number of aliphatic carboxylic acids is 1. The maximum Gasteiger partial charge on any atom is 0.321 e. The highest BCUT2D eigenvalue weighted by Crippen LogP contribution is 2.62. The summed E-state index contributed by atoms with van der Waals surface area (Å²) in [5, 5.41) is 11.5. The van der Waals surface area contributed by atoms with Crippen LogP contribution in [0.15, 0.2) is 0 Å². The first-order valence-electron chi connectivity index (χ1n) is 3.39. The van der Waals surface area contributed by atoms with Gasteiger partial charge in [0.2, 0.25) is 0 Å². The summed E-state index contributed by atoms with van der Waals surface area (Å²) < 4.78 is -0.783. The van der Waals surface area contributed by atoms with Crippen molar-refractivity contribution in [2.45, 2.75) is 10.4 Å². The number of carboxylic acid groups (broad SMARTS) is 1. The molecule has 2 fully saturated rings. The van der Waals surface area contributed by atoms with Crippen LogP contribution < -0.4 is 5.32 Å². The molecular weight excluding hydrogens is 189 g/mol. The lowest BCUT2D eigenvalue weighted by molar-refractivity contribution is -0.139. The molecule has 3 nitrogen and oxygen atoms in total. The lowest BCUT2D eigenvalue weighted by Gasteiger charge is -2.11. The van der Waals surface area contributed by atoms with Gasteiger partial charge in [0.1, 0.15) is 10.4 Å². The third-order valence-electron chi connectivity index (χ3n) is 2.45. The molecule has 1 aliphatic heterocycles. The zero-order valence-corrected chi connectivity index (χ0v) is 7.06. The van der Waals surface area contributed by atoms with Gasteiger partial charge in [-0.05, 0) is 0 Å². The van der Waals surface area contributed by atoms with Crippen LogP contribution in [-0.2, 0) is 4.79 Å². The Kier molecular flexibility index (Phi) is 1.41. The number of piperidine rings is 1. The van der Waals surface area contributed by atoms with Crippen molar-refractivity contribution in [1.29, 1.82) is 0 Å².